The molecule has 0 aromatic carbocycles. The van der Waals surface area contributed by atoms with Gasteiger partial charge in [-0.3, -0.25) is 9.59 Å². The lowest BCUT2D eigenvalue weighted by Crippen LogP contribution is -2.51. The van der Waals surface area contributed by atoms with E-state index < -0.39 is 30.5 Å². The number of hydrogen-bond donors (Lipinski definition) is 5. The van der Waals surface area contributed by atoms with E-state index in [1.165, 1.54) is 7.05 Å². The fourth-order valence-corrected chi connectivity index (χ4v) is 0.968. The lowest BCUT2D eigenvalue weighted by atomic mass is 10.3. The zero-order chi connectivity index (χ0) is 11.8. The smallest absolute Gasteiger partial charge is 0.322 e. The van der Waals surface area contributed by atoms with Gasteiger partial charge in [0.1, 0.15) is 12.6 Å². The van der Waals surface area contributed by atoms with Gasteiger partial charge in [0.2, 0.25) is 5.91 Å². The van der Waals surface area contributed by atoms with Crippen LogP contribution in [0.25, 0.3) is 0 Å². The van der Waals surface area contributed by atoms with Gasteiger partial charge in [0.25, 0.3) is 0 Å². The largest absolute Gasteiger partial charge is 0.480 e. The Morgan fingerprint density at radius 2 is 2.00 bits per heavy atom. The molecular weight excluding hydrogens is 222 g/mol. The summed E-state index contributed by atoms with van der Waals surface area (Å²) in [5.74, 6) is -1.66. The molecule has 0 aromatic heterocycles. The Hall–Kier alpha value is -1.44. The molecule has 86 valence electrons. The van der Waals surface area contributed by atoms with E-state index in [0.717, 1.165) is 0 Å². The number of amides is 3. The molecular formula is C7H13N3O4S. The molecule has 8 heteroatoms. The van der Waals surface area contributed by atoms with Gasteiger partial charge in [0.05, 0.1) is 0 Å². The maximum Gasteiger partial charge on any atom is 0.322 e. The second-order valence-electron chi connectivity index (χ2n) is 2.57. The Labute approximate surface area is 92.0 Å². The molecule has 1 unspecified atom stereocenters. The summed E-state index contributed by atoms with van der Waals surface area (Å²) in [4.78, 5) is 32.3. The number of hydrogen-bond acceptors (Lipinski definition) is 4. The summed E-state index contributed by atoms with van der Waals surface area (Å²) >= 11 is 3.86. The molecule has 0 fully saturated rings. The Morgan fingerprint density at radius 3 is 2.40 bits per heavy atom. The van der Waals surface area contributed by atoms with Gasteiger partial charge in [-0.25, -0.2) is 4.79 Å². The first-order valence-electron chi connectivity index (χ1n) is 4.09. The summed E-state index contributed by atoms with van der Waals surface area (Å²) in [5, 5.41) is 15.0. The van der Waals surface area contributed by atoms with Crippen molar-refractivity contribution in [3.63, 3.8) is 0 Å². The molecule has 0 heterocycles. The molecule has 0 rings (SSSR count). The Bertz CT molecular complexity index is 259. The van der Waals surface area contributed by atoms with Crippen LogP contribution in [0.1, 0.15) is 0 Å². The lowest BCUT2D eigenvalue weighted by Gasteiger charge is -2.15. The molecule has 0 saturated heterocycles. The van der Waals surface area contributed by atoms with Crippen LogP contribution in [0.3, 0.4) is 0 Å². The molecule has 7 nitrogen and oxygen atoms in total. The van der Waals surface area contributed by atoms with Crippen LogP contribution in [-0.4, -0.2) is 48.4 Å². The molecule has 0 bridgehead atoms. The second kappa shape index (κ2) is 6.93. The number of aliphatic carboxylic acids is 1. The monoisotopic (exact) mass is 235 g/mol. The molecule has 1 atom stereocenters. The average Bonchev–Trinajstić information content (AvgIpc) is 2.21. The average molecular weight is 235 g/mol. The minimum Gasteiger partial charge on any atom is -0.480 e. The third-order valence-electron chi connectivity index (χ3n) is 1.45. The zero-order valence-electron chi connectivity index (χ0n) is 8.11. The number of carboxylic acids is 1. The van der Waals surface area contributed by atoms with Crippen molar-refractivity contribution in [3.05, 3.63) is 0 Å². The number of carbonyl (C=O) groups is 3. The van der Waals surface area contributed by atoms with Crippen molar-refractivity contribution in [2.24, 2.45) is 0 Å². The van der Waals surface area contributed by atoms with E-state index in [2.05, 4.69) is 28.6 Å². The highest BCUT2D eigenvalue weighted by Crippen LogP contribution is 1.88. The molecule has 4 N–H and O–H groups in total. The van der Waals surface area contributed by atoms with Gasteiger partial charge in [0, 0.05) is 12.8 Å². The molecule has 3 amide bonds. The molecule has 15 heavy (non-hydrogen) atoms. The van der Waals surface area contributed by atoms with E-state index in [-0.39, 0.29) is 5.75 Å². The molecule has 0 aliphatic heterocycles. The van der Waals surface area contributed by atoms with Crippen LogP contribution in [0.2, 0.25) is 0 Å². The maximum absolute atomic E-state index is 11.3. The number of rotatable bonds is 5. The van der Waals surface area contributed by atoms with Crippen LogP contribution in [-0.2, 0) is 9.59 Å². The summed E-state index contributed by atoms with van der Waals surface area (Å²) in [7, 11) is 1.40. The van der Waals surface area contributed by atoms with Gasteiger partial charge < -0.3 is 21.1 Å². The highest BCUT2D eigenvalue weighted by atomic mass is 32.1. The maximum atomic E-state index is 11.3. The summed E-state index contributed by atoms with van der Waals surface area (Å²) in [6.07, 6.45) is 0. The number of carbonyl (C=O) groups excluding carboxylic acids is 2. The summed E-state index contributed by atoms with van der Waals surface area (Å²) in [6, 6.07) is -1.38. The number of urea groups is 1. The van der Waals surface area contributed by atoms with Crippen LogP contribution < -0.4 is 16.0 Å². The molecule has 0 aromatic rings. The molecule has 0 spiro atoms. The van der Waals surface area contributed by atoms with Crippen LogP contribution in [0.15, 0.2) is 0 Å². The fourth-order valence-electron chi connectivity index (χ4n) is 0.710. The van der Waals surface area contributed by atoms with E-state index in [9.17, 15) is 14.4 Å². The number of carboxylic acid groups (broad SMARTS) is 1. The second-order valence-corrected chi connectivity index (χ2v) is 2.94. The normalized spacial score (nSPS) is 11.3. The summed E-state index contributed by atoms with van der Waals surface area (Å²) < 4.78 is 0. The molecule has 0 radical (unpaired) electrons. The minimum absolute atomic E-state index is 0.0822. The van der Waals surface area contributed by atoms with Crippen LogP contribution in [0, 0.1) is 0 Å². The molecule has 0 aliphatic carbocycles. The lowest BCUT2D eigenvalue weighted by molar-refractivity contribution is -0.138. The van der Waals surface area contributed by atoms with E-state index in [1.54, 1.807) is 0 Å². The first-order valence-corrected chi connectivity index (χ1v) is 4.73. The Kier molecular flexibility index (Phi) is 6.27. The SMILES string of the molecule is CNC(=O)NC(CS)C(=O)NCC(=O)O. The third kappa shape index (κ3) is 5.78. The quantitative estimate of drug-likeness (QED) is 0.370. The van der Waals surface area contributed by atoms with Crippen molar-refractivity contribution in [2.75, 3.05) is 19.3 Å². The van der Waals surface area contributed by atoms with Crippen molar-refractivity contribution >= 4 is 30.5 Å². The Morgan fingerprint density at radius 1 is 1.40 bits per heavy atom. The highest BCUT2D eigenvalue weighted by molar-refractivity contribution is 7.80. The fraction of sp³-hybridized carbons (Fsp3) is 0.571. The van der Waals surface area contributed by atoms with Gasteiger partial charge in [-0.2, -0.15) is 12.6 Å². The molecule has 0 aliphatic rings. The summed E-state index contributed by atoms with van der Waals surface area (Å²) in [6.45, 7) is -0.488. The van der Waals surface area contributed by atoms with Crippen molar-refractivity contribution in [1.82, 2.24) is 16.0 Å². The first-order chi connectivity index (χ1) is 7.01. The number of nitrogens with one attached hydrogen (secondary N) is 3. The van der Waals surface area contributed by atoms with E-state index >= 15 is 0 Å². The van der Waals surface area contributed by atoms with Gasteiger partial charge in [-0.1, -0.05) is 0 Å². The minimum atomic E-state index is -1.15. The van der Waals surface area contributed by atoms with Crippen LogP contribution >= 0.6 is 12.6 Å². The van der Waals surface area contributed by atoms with Crippen LogP contribution in [0.4, 0.5) is 4.79 Å². The first kappa shape index (κ1) is 13.6. The molecule has 0 saturated carbocycles. The highest BCUT2D eigenvalue weighted by Gasteiger charge is 2.18. The van der Waals surface area contributed by atoms with Crippen molar-refractivity contribution in [3.8, 4) is 0 Å². The Balaban J connectivity index is 4.10. The van der Waals surface area contributed by atoms with Crippen molar-refractivity contribution in [1.29, 1.82) is 0 Å². The topological polar surface area (TPSA) is 108 Å². The number of thiol groups is 1. The van der Waals surface area contributed by atoms with Crippen molar-refractivity contribution in [2.45, 2.75) is 6.04 Å². The predicted molar refractivity (Wildman–Crippen MR) is 55.9 cm³/mol. The van der Waals surface area contributed by atoms with Gasteiger partial charge in [-0.05, 0) is 0 Å². The van der Waals surface area contributed by atoms with Crippen LogP contribution in [0.5, 0.6) is 0 Å². The standard InChI is InChI=1S/C7H13N3O4S/c1-8-7(14)10-4(3-15)6(13)9-2-5(11)12/h4,15H,2-3H2,1H3,(H,9,13)(H,11,12)(H2,8,10,14). The predicted octanol–water partition coefficient (Wildman–Crippen LogP) is -1.59. The van der Waals surface area contributed by atoms with E-state index in [0.29, 0.717) is 0 Å². The van der Waals surface area contributed by atoms with Gasteiger partial charge in [-0.15, -0.1) is 0 Å². The van der Waals surface area contributed by atoms with Gasteiger partial charge >= 0.3 is 12.0 Å². The van der Waals surface area contributed by atoms with Crippen molar-refractivity contribution < 1.29 is 19.5 Å². The van der Waals surface area contributed by atoms with Gasteiger partial charge in [0.15, 0.2) is 0 Å². The zero-order valence-corrected chi connectivity index (χ0v) is 9.01. The summed E-state index contributed by atoms with van der Waals surface area (Å²) in [5.41, 5.74) is 0. The van der Waals surface area contributed by atoms with E-state index in [4.69, 9.17) is 5.11 Å². The van der Waals surface area contributed by atoms with E-state index in [1.807, 2.05) is 0 Å². The third-order valence-corrected chi connectivity index (χ3v) is 1.81.